The summed E-state index contributed by atoms with van der Waals surface area (Å²) >= 11 is 5.40. The smallest absolute Gasteiger partial charge is 0.316 e. The third-order valence-corrected chi connectivity index (χ3v) is 2.36. The van der Waals surface area contributed by atoms with E-state index in [0.717, 1.165) is 6.07 Å². The first-order valence-electron chi connectivity index (χ1n) is 4.22. The molecule has 0 aromatic heterocycles. The van der Waals surface area contributed by atoms with Gasteiger partial charge in [-0.05, 0) is 23.8 Å². The summed E-state index contributed by atoms with van der Waals surface area (Å²) in [5, 5.41) is -0.456. The Hall–Kier alpha value is -0.660. The van der Waals surface area contributed by atoms with Crippen LogP contribution in [0.5, 0.6) is 0 Å². The van der Waals surface area contributed by atoms with Crippen LogP contribution in [0.4, 0.5) is 26.3 Å². The lowest BCUT2D eigenvalue weighted by Gasteiger charge is -2.18. The van der Waals surface area contributed by atoms with E-state index in [1.54, 1.807) is 0 Å². The van der Waals surface area contributed by atoms with E-state index in [0.29, 0.717) is 12.1 Å². The van der Waals surface area contributed by atoms with E-state index in [1.165, 1.54) is 0 Å². The molecule has 0 aliphatic carbocycles. The first-order valence-corrected chi connectivity index (χ1v) is 4.60. The molecule has 1 aromatic carbocycles. The van der Waals surface area contributed by atoms with Crippen LogP contribution in [0.1, 0.15) is 17.2 Å². The van der Waals surface area contributed by atoms with Crippen LogP contribution in [0, 0.1) is 0 Å². The Morgan fingerprint density at radius 3 is 1.94 bits per heavy atom. The maximum absolute atomic E-state index is 12.3. The number of alkyl halides is 6. The zero-order valence-corrected chi connectivity index (χ0v) is 10.0. The summed E-state index contributed by atoms with van der Waals surface area (Å²) in [6, 6.07) is -0.905. The van der Waals surface area contributed by atoms with Crippen LogP contribution in [0.25, 0.3) is 0 Å². The Balaban J connectivity index is 0.00000289. The zero-order chi connectivity index (χ0) is 13.4. The molecule has 0 radical (unpaired) electrons. The molecule has 9 heteroatoms. The minimum atomic E-state index is -4.85. The fourth-order valence-electron chi connectivity index (χ4n) is 1.13. The molecular formula is C9H7Cl2F6N. The molecule has 0 aliphatic heterocycles. The third-order valence-electron chi connectivity index (χ3n) is 2.01. The van der Waals surface area contributed by atoms with Crippen LogP contribution in [0.3, 0.4) is 0 Å². The highest BCUT2D eigenvalue weighted by atomic mass is 35.5. The third kappa shape index (κ3) is 3.93. The fraction of sp³-hybridized carbons (Fsp3) is 0.333. The van der Waals surface area contributed by atoms with E-state index in [2.05, 4.69) is 0 Å². The molecule has 0 heterocycles. The van der Waals surface area contributed by atoms with Crippen molar-refractivity contribution in [2.24, 2.45) is 5.73 Å². The Bertz CT molecular complexity index is 414. The van der Waals surface area contributed by atoms with E-state index in [4.69, 9.17) is 17.3 Å². The Morgan fingerprint density at radius 2 is 1.56 bits per heavy atom. The van der Waals surface area contributed by atoms with E-state index in [9.17, 15) is 26.3 Å². The quantitative estimate of drug-likeness (QED) is 0.767. The minimum absolute atomic E-state index is 0. The standard InChI is InChI=1S/C9H6ClF6N.ClH/c10-6-2-1-4(8(11,12)13)3-5(6)7(17)9(14,15)16;/h1-3,7H,17H2;1H/t7-;/m0./s1. The van der Waals surface area contributed by atoms with Crippen molar-refractivity contribution < 1.29 is 26.3 Å². The van der Waals surface area contributed by atoms with Crippen molar-refractivity contribution in [1.29, 1.82) is 0 Å². The highest BCUT2D eigenvalue weighted by molar-refractivity contribution is 6.31. The average molecular weight is 314 g/mol. The van der Waals surface area contributed by atoms with Gasteiger partial charge >= 0.3 is 12.4 Å². The first kappa shape index (κ1) is 17.3. The summed E-state index contributed by atoms with van der Waals surface area (Å²) in [6.07, 6.45) is -9.60. The van der Waals surface area contributed by atoms with Crippen LogP contribution in [-0.2, 0) is 6.18 Å². The molecule has 0 spiro atoms. The summed E-state index contributed by atoms with van der Waals surface area (Å²) in [5.41, 5.74) is 2.79. The molecule has 0 amide bonds. The number of hydrogen-bond donors (Lipinski definition) is 1. The topological polar surface area (TPSA) is 26.0 Å². The number of benzene rings is 1. The lowest BCUT2D eigenvalue weighted by Crippen LogP contribution is -2.29. The van der Waals surface area contributed by atoms with Crippen LogP contribution in [0.2, 0.25) is 5.02 Å². The zero-order valence-electron chi connectivity index (χ0n) is 8.44. The summed E-state index contributed by atoms with van der Waals surface area (Å²) in [6.45, 7) is 0. The molecule has 0 saturated carbocycles. The molecule has 0 saturated heterocycles. The molecule has 18 heavy (non-hydrogen) atoms. The van der Waals surface area contributed by atoms with Gasteiger partial charge in [-0.1, -0.05) is 11.6 Å². The highest BCUT2D eigenvalue weighted by Crippen LogP contribution is 2.38. The summed E-state index contributed by atoms with van der Waals surface area (Å²) < 4.78 is 73.7. The number of halogens is 8. The van der Waals surface area contributed by atoms with Crippen molar-refractivity contribution in [1.82, 2.24) is 0 Å². The highest BCUT2D eigenvalue weighted by Gasteiger charge is 2.40. The van der Waals surface area contributed by atoms with Gasteiger partial charge in [0, 0.05) is 5.02 Å². The molecule has 1 rings (SSSR count). The normalized spacial score (nSPS) is 14.0. The summed E-state index contributed by atoms with van der Waals surface area (Å²) in [7, 11) is 0. The van der Waals surface area contributed by atoms with Crippen LogP contribution in [0.15, 0.2) is 18.2 Å². The lowest BCUT2D eigenvalue weighted by molar-refractivity contribution is -0.150. The molecule has 0 unspecified atom stereocenters. The molecule has 1 atom stereocenters. The van der Waals surface area contributed by atoms with E-state index >= 15 is 0 Å². The van der Waals surface area contributed by atoms with Gasteiger partial charge in [-0.3, -0.25) is 0 Å². The van der Waals surface area contributed by atoms with E-state index < -0.39 is 34.5 Å². The largest absolute Gasteiger partial charge is 0.416 e. The molecule has 1 nitrogen and oxygen atoms in total. The second-order valence-electron chi connectivity index (χ2n) is 3.25. The maximum Gasteiger partial charge on any atom is 0.416 e. The molecule has 2 N–H and O–H groups in total. The maximum atomic E-state index is 12.3. The predicted molar refractivity (Wildman–Crippen MR) is 56.7 cm³/mol. The van der Waals surface area contributed by atoms with E-state index in [1.807, 2.05) is 0 Å². The SMILES string of the molecule is Cl.N[C@@H](c1cc(C(F)(F)F)ccc1Cl)C(F)(F)F. The van der Waals surface area contributed by atoms with E-state index in [-0.39, 0.29) is 12.4 Å². The lowest BCUT2D eigenvalue weighted by atomic mass is 10.0. The average Bonchev–Trinajstić information content (AvgIpc) is 2.14. The molecule has 1 aromatic rings. The summed E-state index contributed by atoms with van der Waals surface area (Å²) in [5.74, 6) is 0. The van der Waals surface area contributed by atoms with Gasteiger partial charge in [-0.25, -0.2) is 0 Å². The second-order valence-corrected chi connectivity index (χ2v) is 3.66. The number of rotatable bonds is 1. The predicted octanol–water partition coefficient (Wildman–Crippen LogP) is 4.34. The minimum Gasteiger partial charge on any atom is -0.316 e. The molecular weight excluding hydrogens is 307 g/mol. The number of nitrogens with two attached hydrogens (primary N) is 1. The molecule has 0 aliphatic rings. The first-order chi connectivity index (χ1) is 7.53. The van der Waals surface area contributed by atoms with Crippen LogP contribution >= 0.6 is 24.0 Å². The molecule has 104 valence electrons. The van der Waals surface area contributed by atoms with Crippen molar-refractivity contribution in [3.05, 3.63) is 34.3 Å². The Kier molecular flexibility index (Phi) is 5.34. The summed E-state index contributed by atoms with van der Waals surface area (Å²) in [4.78, 5) is 0. The Labute approximate surface area is 109 Å². The monoisotopic (exact) mass is 313 g/mol. The molecule has 0 fully saturated rings. The van der Waals surface area contributed by atoms with Gasteiger partial charge in [0.25, 0.3) is 0 Å². The van der Waals surface area contributed by atoms with Crippen LogP contribution in [-0.4, -0.2) is 6.18 Å². The van der Waals surface area contributed by atoms with Gasteiger partial charge < -0.3 is 5.73 Å². The van der Waals surface area contributed by atoms with Gasteiger partial charge in [-0.2, -0.15) is 26.3 Å². The molecule has 0 bridgehead atoms. The van der Waals surface area contributed by atoms with Crippen molar-refractivity contribution >= 4 is 24.0 Å². The van der Waals surface area contributed by atoms with Gasteiger partial charge in [0.05, 0.1) is 5.56 Å². The van der Waals surface area contributed by atoms with Crippen LogP contribution < -0.4 is 5.73 Å². The van der Waals surface area contributed by atoms with Gasteiger partial charge in [0.2, 0.25) is 0 Å². The Morgan fingerprint density at radius 1 is 1.06 bits per heavy atom. The fourth-order valence-corrected chi connectivity index (χ4v) is 1.37. The van der Waals surface area contributed by atoms with Gasteiger partial charge in [-0.15, -0.1) is 12.4 Å². The van der Waals surface area contributed by atoms with Gasteiger partial charge in [0.1, 0.15) is 6.04 Å². The van der Waals surface area contributed by atoms with Crippen molar-refractivity contribution in [2.45, 2.75) is 18.4 Å². The van der Waals surface area contributed by atoms with Crippen molar-refractivity contribution in [3.8, 4) is 0 Å². The van der Waals surface area contributed by atoms with Crippen molar-refractivity contribution in [3.63, 3.8) is 0 Å². The second kappa shape index (κ2) is 5.54. The number of hydrogen-bond acceptors (Lipinski definition) is 1. The van der Waals surface area contributed by atoms with Crippen molar-refractivity contribution in [2.75, 3.05) is 0 Å². The van der Waals surface area contributed by atoms with Gasteiger partial charge in [0.15, 0.2) is 0 Å².